The number of nitrogens with two attached hydrogens (primary N) is 2. The molecule has 2 heterocycles. The van der Waals surface area contributed by atoms with Crippen molar-refractivity contribution < 1.29 is 4.39 Å². The highest BCUT2D eigenvalue weighted by atomic mass is 32.2. The number of anilines is 1. The molecule has 0 amide bonds. The summed E-state index contributed by atoms with van der Waals surface area (Å²) in [5, 5.41) is 2.35. The molecule has 2 aromatic carbocycles. The number of hydrazine groups is 1. The highest BCUT2D eigenvalue weighted by Gasteiger charge is 2.26. The molecule has 0 aliphatic carbocycles. The molecule has 7 heteroatoms. The molecule has 1 aromatic heterocycles. The lowest BCUT2D eigenvalue weighted by Gasteiger charge is -2.22. The Bertz CT molecular complexity index is 1040. The van der Waals surface area contributed by atoms with Gasteiger partial charge in [-0.05, 0) is 38.1 Å². The molecule has 0 fully saturated rings. The largest absolute Gasteiger partial charge is 0.401 e. The van der Waals surface area contributed by atoms with Crippen LogP contribution in [-0.4, -0.2) is 9.55 Å². The Morgan fingerprint density at radius 2 is 1.89 bits per heavy atom. The first-order valence-corrected chi connectivity index (χ1v) is 9.36. The summed E-state index contributed by atoms with van der Waals surface area (Å²) in [4.78, 5) is 5.71. The van der Waals surface area contributed by atoms with Crippen LogP contribution in [0, 0.1) is 12.7 Å². The Morgan fingerprint density at radius 3 is 2.59 bits per heavy atom. The number of benzene rings is 2. The molecular weight excluding hydrogens is 361 g/mol. The second-order valence-electron chi connectivity index (χ2n) is 6.59. The van der Waals surface area contributed by atoms with Crippen LogP contribution in [0.5, 0.6) is 0 Å². The van der Waals surface area contributed by atoms with Gasteiger partial charge in [0.15, 0.2) is 0 Å². The Morgan fingerprint density at radius 1 is 1.15 bits per heavy atom. The number of allylic oxidation sites excluding steroid dienone is 2. The zero-order valence-corrected chi connectivity index (χ0v) is 15.9. The lowest BCUT2D eigenvalue weighted by Crippen LogP contribution is -2.32. The number of hydrogen-bond acceptors (Lipinski definition) is 5. The third-order valence-electron chi connectivity index (χ3n) is 4.60. The number of halogens is 1. The van der Waals surface area contributed by atoms with E-state index < -0.39 is 0 Å². The number of hydrogen-bond donors (Lipinski definition) is 2. The predicted octanol–water partition coefficient (Wildman–Crippen LogP) is 3.90. The van der Waals surface area contributed by atoms with Crippen LogP contribution >= 0.6 is 11.8 Å². The average Bonchev–Trinajstić information content (AvgIpc) is 2.97. The Balaban J connectivity index is 1.86. The van der Waals surface area contributed by atoms with E-state index in [0.29, 0.717) is 17.8 Å². The van der Waals surface area contributed by atoms with Gasteiger partial charge in [0.1, 0.15) is 17.2 Å². The minimum Gasteiger partial charge on any atom is -0.401 e. The fraction of sp³-hybridized carbons (Fsp3) is 0.150. The summed E-state index contributed by atoms with van der Waals surface area (Å²) < 4.78 is 15.8. The van der Waals surface area contributed by atoms with E-state index in [-0.39, 0.29) is 5.82 Å². The minimum absolute atomic E-state index is 0.351. The average molecular weight is 381 g/mol. The lowest BCUT2D eigenvalue weighted by molar-refractivity contribution is 0.627. The van der Waals surface area contributed by atoms with Gasteiger partial charge >= 0.3 is 0 Å². The number of fused-ring (bicyclic) bond motifs is 3. The van der Waals surface area contributed by atoms with Crippen molar-refractivity contribution in [3.8, 4) is 5.69 Å². The third-order valence-corrected chi connectivity index (χ3v) is 5.64. The highest BCUT2D eigenvalue weighted by Crippen LogP contribution is 2.38. The van der Waals surface area contributed by atoms with E-state index in [1.807, 2.05) is 4.57 Å². The van der Waals surface area contributed by atoms with Crippen LogP contribution in [0.2, 0.25) is 0 Å². The van der Waals surface area contributed by atoms with E-state index in [1.165, 1.54) is 22.7 Å². The molecule has 1 aliphatic heterocycles. The van der Waals surface area contributed by atoms with E-state index in [0.717, 1.165) is 27.0 Å². The van der Waals surface area contributed by atoms with Crippen LogP contribution in [-0.2, 0) is 6.42 Å². The van der Waals surface area contributed by atoms with Crippen molar-refractivity contribution in [2.75, 3.05) is 5.01 Å². The van der Waals surface area contributed by atoms with Crippen LogP contribution in [0.25, 0.3) is 5.69 Å². The first kappa shape index (κ1) is 17.6. The van der Waals surface area contributed by atoms with Gasteiger partial charge in [0.25, 0.3) is 0 Å². The van der Waals surface area contributed by atoms with Gasteiger partial charge in [0, 0.05) is 23.1 Å². The maximum atomic E-state index is 13.9. The van der Waals surface area contributed by atoms with Gasteiger partial charge in [0.2, 0.25) is 0 Å². The number of imidazole rings is 1. The summed E-state index contributed by atoms with van der Waals surface area (Å²) in [7, 11) is 0. The molecule has 3 aromatic rings. The van der Waals surface area contributed by atoms with E-state index in [1.54, 1.807) is 31.1 Å². The van der Waals surface area contributed by atoms with E-state index >= 15 is 0 Å². The molecule has 0 atom stereocenters. The zero-order valence-electron chi connectivity index (χ0n) is 15.1. The molecule has 0 radical (unpaired) electrons. The zero-order chi connectivity index (χ0) is 19.1. The SMILES string of the molecule is C/C(N)=C1\Cc2c(Sc3ccc(C)cc3)ncn2-c2ccc(F)cc2N1N. The first-order valence-electron chi connectivity index (χ1n) is 8.55. The Kier molecular flexibility index (Phi) is 4.41. The lowest BCUT2D eigenvalue weighted by atomic mass is 10.2. The molecule has 0 unspecified atom stereocenters. The van der Waals surface area contributed by atoms with Crippen LogP contribution in [0.3, 0.4) is 0 Å². The van der Waals surface area contributed by atoms with Crippen molar-refractivity contribution in [1.29, 1.82) is 0 Å². The normalized spacial score (nSPS) is 15.2. The van der Waals surface area contributed by atoms with Crippen LogP contribution in [0.1, 0.15) is 18.2 Å². The second kappa shape index (κ2) is 6.75. The standard InChI is InChI=1S/C20H20FN5S/c1-12-3-6-15(7-4-12)27-20-19-10-17(13(2)22)26(23)18-9-14(21)5-8-16(18)25(19)11-24-20/h3-9,11H,10,22-23H2,1-2H3/b17-13-. The van der Waals surface area contributed by atoms with Crippen LogP contribution in [0.4, 0.5) is 10.1 Å². The summed E-state index contributed by atoms with van der Waals surface area (Å²) in [5.74, 6) is 5.96. The van der Waals surface area contributed by atoms with Gasteiger partial charge in [-0.25, -0.2) is 15.2 Å². The van der Waals surface area contributed by atoms with Crippen molar-refractivity contribution in [2.24, 2.45) is 11.6 Å². The number of rotatable bonds is 2. The fourth-order valence-electron chi connectivity index (χ4n) is 3.14. The molecule has 4 N–H and O–H groups in total. The summed E-state index contributed by atoms with van der Waals surface area (Å²) in [6.07, 6.45) is 2.26. The van der Waals surface area contributed by atoms with Crippen molar-refractivity contribution in [3.05, 3.63) is 77.3 Å². The molecule has 0 saturated heterocycles. The van der Waals surface area contributed by atoms with E-state index in [9.17, 15) is 4.39 Å². The van der Waals surface area contributed by atoms with E-state index in [2.05, 4.69) is 36.2 Å². The minimum atomic E-state index is -0.351. The Labute approximate surface area is 161 Å². The molecule has 0 spiro atoms. The van der Waals surface area contributed by atoms with Gasteiger partial charge in [-0.15, -0.1) is 0 Å². The molecule has 1 aliphatic rings. The maximum absolute atomic E-state index is 13.9. The van der Waals surface area contributed by atoms with Gasteiger partial charge in [-0.3, -0.25) is 9.58 Å². The number of aryl methyl sites for hydroxylation is 1. The highest BCUT2D eigenvalue weighted by molar-refractivity contribution is 7.99. The third kappa shape index (κ3) is 3.20. The molecular formula is C20H20FN5S. The summed E-state index contributed by atoms with van der Waals surface area (Å²) in [6.45, 7) is 3.86. The molecule has 4 rings (SSSR count). The van der Waals surface area contributed by atoms with Crippen molar-refractivity contribution in [1.82, 2.24) is 9.55 Å². The maximum Gasteiger partial charge on any atom is 0.125 e. The van der Waals surface area contributed by atoms with Gasteiger partial charge in [-0.1, -0.05) is 29.5 Å². The second-order valence-corrected chi connectivity index (χ2v) is 7.65. The smallest absolute Gasteiger partial charge is 0.125 e. The molecule has 138 valence electrons. The molecule has 0 saturated carbocycles. The van der Waals surface area contributed by atoms with Gasteiger partial charge in [0.05, 0.1) is 22.8 Å². The monoisotopic (exact) mass is 381 g/mol. The van der Waals surface area contributed by atoms with Crippen molar-refractivity contribution >= 4 is 17.4 Å². The van der Waals surface area contributed by atoms with Crippen molar-refractivity contribution in [2.45, 2.75) is 30.2 Å². The summed E-state index contributed by atoms with van der Waals surface area (Å²) >= 11 is 1.59. The topological polar surface area (TPSA) is 73.1 Å². The predicted molar refractivity (Wildman–Crippen MR) is 106 cm³/mol. The van der Waals surface area contributed by atoms with E-state index in [4.69, 9.17) is 11.6 Å². The number of nitrogens with zero attached hydrogens (tertiary/aromatic N) is 3. The Hall–Kier alpha value is -2.77. The molecule has 0 bridgehead atoms. The number of aromatic nitrogens is 2. The quantitative estimate of drug-likeness (QED) is 0.659. The van der Waals surface area contributed by atoms with Gasteiger partial charge in [-0.2, -0.15) is 0 Å². The van der Waals surface area contributed by atoms with Crippen LogP contribution < -0.4 is 16.6 Å². The summed E-state index contributed by atoms with van der Waals surface area (Å²) in [5.41, 5.74) is 10.9. The molecule has 27 heavy (non-hydrogen) atoms. The van der Waals surface area contributed by atoms with Crippen molar-refractivity contribution in [3.63, 3.8) is 0 Å². The summed E-state index contributed by atoms with van der Waals surface area (Å²) in [6, 6.07) is 12.9. The molecule has 5 nitrogen and oxygen atoms in total. The first-order chi connectivity index (χ1) is 12.9. The van der Waals surface area contributed by atoms with Gasteiger partial charge < -0.3 is 5.73 Å². The fourth-order valence-corrected chi connectivity index (χ4v) is 4.02. The van der Waals surface area contributed by atoms with Crippen LogP contribution in [0.15, 0.2) is 70.1 Å².